The molecular formula is C24H20Cl2N4OS. The Morgan fingerprint density at radius 1 is 0.969 bits per heavy atom. The lowest BCUT2D eigenvalue weighted by molar-refractivity contribution is -0.113. The summed E-state index contributed by atoms with van der Waals surface area (Å²) >= 11 is 13.3. The van der Waals surface area contributed by atoms with Crippen molar-refractivity contribution in [3.05, 3.63) is 88.4 Å². The van der Waals surface area contributed by atoms with E-state index in [-0.39, 0.29) is 11.7 Å². The van der Waals surface area contributed by atoms with Crippen molar-refractivity contribution in [1.82, 2.24) is 14.8 Å². The second-order valence-electron chi connectivity index (χ2n) is 7.02. The minimum absolute atomic E-state index is 0.157. The molecule has 0 unspecified atom stereocenters. The number of carbonyl (C=O) groups excluding carboxylic acids is 1. The first kappa shape index (κ1) is 22.4. The number of hydrogen-bond donors (Lipinski definition) is 1. The molecule has 1 amide bonds. The van der Waals surface area contributed by atoms with Gasteiger partial charge in [0.2, 0.25) is 5.91 Å². The van der Waals surface area contributed by atoms with Gasteiger partial charge in [-0.05, 0) is 42.3 Å². The van der Waals surface area contributed by atoms with Crippen LogP contribution in [-0.4, -0.2) is 26.4 Å². The van der Waals surface area contributed by atoms with Gasteiger partial charge in [-0.3, -0.25) is 9.36 Å². The highest BCUT2D eigenvalue weighted by atomic mass is 35.5. The van der Waals surface area contributed by atoms with E-state index in [2.05, 4.69) is 34.6 Å². The smallest absolute Gasteiger partial charge is 0.234 e. The molecule has 3 aromatic carbocycles. The summed E-state index contributed by atoms with van der Waals surface area (Å²) in [5.74, 6) is 0.689. The highest BCUT2D eigenvalue weighted by Gasteiger charge is 2.17. The first-order valence-corrected chi connectivity index (χ1v) is 11.8. The number of carbonyl (C=O) groups is 1. The van der Waals surface area contributed by atoms with Gasteiger partial charge in [0.1, 0.15) is 0 Å². The first-order chi connectivity index (χ1) is 15.5. The van der Waals surface area contributed by atoms with Crippen LogP contribution >= 0.6 is 35.0 Å². The zero-order valence-corrected chi connectivity index (χ0v) is 19.6. The van der Waals surface area contributed by atoms with Crippen molar-refractivity contribution >= 4 is 46.6 Å². The maximum absolute atomic E-state index is 12.5. The largest absolute Gasteiger partial charge is 0.325 e. The molecule has 0 radical (unpaired) electrons. The zero-order valence-electron chi connectivity index (χ0n) is 17.3. The highest BCUT2D eigenvalue weighted by Crippen LogP contribution is 2.29. The molecule has 0 aliphatic rings. The summed E-state index contributed by atoms with van der Waals surface area (Å²) in [5.41, 5.74) is 3.69. The topological polar surface area (TPSA) is 59.8 Å². The third-order valence-corrected chi connectivity index (χ3v) is 6.11. The number of amides is 1. The number of hydrogen-bond acceptors (Lipinski definition) is 4. The summed E-state index contributed by atoms with van der Waals surface area (Å²) in [6.45, 7) is 2.12. The predicted octanol–water partition coefficient (Wildman–Crippen LogP) is 6.53. The van der Waals surface area contributed by atoms with Crippen LogP contribution in [0.5, 0.6) is 0 Å². The zero-order chi connectivity index (χ0) is 22.5. The maximum Gasteiger partial charge on any atom is 0.234 e. The fraction of sp³-hybridized carbons (Fsp3) is 0.125. The molecule has 0 spiro atoms. The van der Waals surface area contributed by atoms with Crippen molar-refractivity contribution in [2.24, 2.45) is 0 Å². The van der Waals surface area contributed by atoms with Crippen LogP contribution in [0.3, 0.4) is 0 Å². The molecule has 5 nitrogen and oxygen atoms in total. The number of benzene rings is 3. The number of aryl methyl sites for hydroxylation is 1. The summed E-state index contributed by atoms with van der Waals surface area (Å²) in [6, 6.07) is 23.1. The number of nitrogens with one attached hydrogen (secondary N) is 1. The Bertz CT molecular complexity index is 1210. The number of nitrogens with zero attached hydrogens (tertiary/aromatic N) is 3. The SMILES string of the molecule is CCc1ccc(-n2c(SCC(=O)Nc3cc(Cl)cc(Cl)c3)nnc2-c2ccccc2)cc1. The molecule has 0 atom stereocenters. The van der Waals surface area contributed by atoms with E-state index in [4.69, 9.17) is 23.2 Å². The Morgan fingerprint density at radius 2 is 1.66 bits per heavy atom. The van der Waals surface area contributed by atoms with Gasteiger partial charge < -0.3 is 5.32 Å². The van der Waals surface area contributed by atoms with Crippen LogP contribution in [0.2, 0.25) is 10.0 Å². The molecule has 4 rings (SSSR count). The lowest BCUT2D eigenvalue weighted by Crippen LogP contribution is -2.14. The lowest BCUT2D eigenvalue weighted by Gasteiger charge is -2.11. The summed E-state index contributed by atoms with van der Waals surface area (Å²) in [4.78, 5) is 12.5. The Morgan fingerprint density at radius 3 is 2.31 bits per heavy atom. The molecule has 1 heterocycles. The normalized spacial score (nSPS) is 10.8. The molecular weight excluding hydrogens is 463 g/mol. The van der Waals surface area contributed by atoms with Crippen molar-refractivity contribution in [3.8, 4) is 17.1 Å². The second-order valence-corrected chi connectivity index (χ2v) is 8.84. The van der Waals surface area contributed by atoms with Crippen LogP contribution < -0.4 is 5.32 Å². The third-order valence-electron chi connectivity index (χ3n) is 4.75. The maximum atomic E-state index is 12.5. The molecule has 32 heavy (non-hydrogen) atoms. The third kappa shape index (κ3) is 5.33. The van der Waals surface area contributed by atoms with Crippen molar-refractivity contribution in [2.75, 3.05) is 11.1 Å². The summed E-state index contributed by atoms with van der Waals surface area (Å²) in [7, 11) is 0. The summed E-state index contributed by atoms with van der Waals surface area (Å²) in [6.07, 6.45) is 0.962. The molecule has 4 aromatic rings. The molecule has 0 saturated carbocycles. The van der Waals surface area contributed by atoms with Crippen molar-refractivity contribution in [3.63, 3.8) is 0 Å². The van der Waals surface area contributed by atoms with Crippen LogP contribution in [0, 0.1) is 0 Å². The first-order valence-electron chi connectivity index (χ1n) is 10.0. The minimum atomic E-state index is -0.189. The van der Waals surface area contributed by atoms with E-state index < -0.39 is 0 Å². The standard InChI is InChI=1S/C24H20Cl2N4OS/c1-2-16-8-10-21(11-9-16)30-23(17-6-4-3-5-7-17)28-29-24(30)32-15-22(31)27-20-13-18(25)12-19(26)14-20/h3-14H,2,15H2,1H3,(H,27,31). The van der Waals surface area contributed by atoms with Crippen molar-refractivity contribution in [2.45, 2.75) is 18.5 Å². The van der Waals surface area contributed by atoms with Gasteiger partial charge in [-0.25, -0.2) is 0 Å². The van der Waals surface area contributed by atoms with E-state index in [0.29, 0.717) is 20.9 Å². The van der Waals surface area contributed by atoms with Crippen LogP contribution in [-0.2, 0) is 11.2 Å². The Balaban J connectivity index is 1.59. The van der Waals surface area contributed by atoms with E-state index in [1.54, 1.807) is 18.2 Å². The van der Waals surface area contributed by atoms with Crippen LogP contribution in [0.25, 0.3) is 17.1 Å². The van der Waals surface area contributed by atoms with Gasteiger partial charge in [-0.1, -0.05) is 84.4 Å². The van der Waals surface area contributed by atoms with Crippen LogP contribution in [0.15, 0.2) is 78.0 Å². The molecule has 1 aromatic heterocycles. The molecule has 0 bridgehead atoms. The molecule has 0 saturated heterocycles. The summed E-state index contributed by atoms with van der Waals surface area (Å²) < 4.78 is 1.98. The monoisotopic (exact) mass is 482 g/mol. The van der Waals surface area contributed by atoms with E-state index in [1.165, 1.54) is 17.3 Å². The van der Waals surface area contributed by atoms with E-state index in [1.807, 2.05) is 47.0 Å². The van der Waals surface area contributed by atoms with Gasteiger partial charge in [-0.2, -0.15) is 0 Å². The van der Waals surface area contributed by atoms with Crippen LogP contribution in [0.4, 0.5) is 5.69 Å². The van der Waals surface area contributed by atoms with Gasteiger partial charge >= 0.3 is 0 Å². The van der Waals surface area contributed by atoms with Gasteiger partial charge in [0, 0.05) is 27.0 Å². The van der Waals surface area contributed by atoms with E-state index in [0.717, 1.165) is 23.5 Å². The minimum Gasteiger partial charge on any atom is -0.325 e. The van der Waals surface area contributed by atoms with Gasteiger partial charge in [0.25, 0.3) is 0 Å². The van der Waals surface area contributed by atoms with E-state index >= 15 is 0 Å². The van der Waals surface area contributed by atoms with Crippen molar-refractivity contribution < 1.29 is 4.79 Å². The number of aromatic nitrogens is 3. The Labute approximate surface area is 200 Å². The number of anilines is 1. The lowest BCUT2D eigenvalue weighted by atomic mass is 10.1. The van der Waals surface area contributed by atoms with E-state index in [9.17, 15) is 4.79 Å². The Kier molecular flexibility index (Phi) is 7.15. The molecule has 0 aliphatic carbocycles. The fourth-order valence-electron chi connectivity index (χ4n) is 3.20. The molecule has 0 fully saturated rings. The van der Waals surface area contributed by atoms with Crippen LogP contribution in [0.1, 0.15) is 12.5 Å². The Hall–Kier alpha value is -2.80. The number of rotatable bonds is 7. The second kappa shape index (κ2) is 10.2. The van der Waals surface area contributed by atoms with Gasteiger partial charge in [0.05, 0.1) is 5.75 Å². The molecule has 162 valence electrons. The van der Waals surface area contributed by atoms with Gasteiger partial charge in [0.15, 0.2) is 11.0 Å². The average Bonchev–Trinajstić information content (AvgIpc) is 3.21. The molecule has 8 heteroatoms. The fourth-order valence-corrected chi connectivity index (χ4v) is 4.48. The summed E-state index contributed by atoms with van der Waals surface area (Å²) in [5, 5.41) is 13.2. The number of thioether (sulfide) groups is 1. The van der Waals surface area contributed by atoms with Crippen molar-refractivity contribution in [1.29, 1.82) is 0 Å². The van der Waals surface area contributed by atoms with Gasteiger partial charge in [-0.15, -0.1) is 10.2 Å². The molecule has 1 N–H and O–H groups in total. The quantitative estimate of drug-likeness (QED) is 0.304. The molecule has 0 aliphatic heterocycles. The predicted molar refractivity (Wildman–Crippen MR) is 132 cm³/mol. The highest BCUT2D eigenvalue weighted by molar-refractivity contribution is 7.99. The average molecular weight is 483 g/mol. The number of halogens is 2.